The molecule has 5 heteroatoms. The minimum atomic E-state index is -0.654. The molecule has 5 nitrogen and oxygen atoms in total. The van der Waals surface area contributed by atoms with Gasteiger partial charge in [-0.2, -0.15) is 0 Å². The topological polar surface area (TPSA) is 78.4 Å². The first-order chi connectivity index (χ1) is 9.28. The molecule has 4 fully saturated rings. The van der Waals surface area contributed by atoms with Crippen molar-refractivity contribution in [2.24, 2.45) is 22.5 Å². The molecule has 4 aliphatic carbocycles. The highest BCUT2D eigenvalue weighted by molar-refractivity contribution is 5.15. The molecule has 0 spiro atoms. The third-order valence-corrected chi connectivity index (χ3v) is 6.08. The lowest BCUT2D eigenvalue weighted by Crippen LogP contribution is -2.64. The maximum Gasteiger partial charge on any atom is 0.294 e. The van der Waals surface area contributed by atoms with Gasteiger partial charge in [-0.3, -0.25) is 0 Å². The van der Waals surface area contributed by atoms with Gasteiger partial charge >= 0.3 is 0 Å². The highest BCUT2D eigenvalue weighted by Gasteiger charge is 2.61. The molecule has 5 atom stereocenters. The molecule has 20 heavy (non-hydrogen) atoms. The predicted octanol–water partition coefficient (Wildman–Crippen LogP) is 3.05. The Morgan fingerprint density at radius 3 is 2.55 bits per heavy atom. The maximum atomic E-state index is 10.5. The van der Waals surface area contributed by atoms with Crippen molar-refractivity contribution >= 4 is 0 Å². The van der Waals surface area contributed by atoms with Crippen LogP contribution in [0.1, 0.15) is 65.2 Å². The molecule has 0 saturated heterocycles. The van der Waals surface area contributed by atoms with E-state index in [1.807, 2.05) is 6.92 Å². The molecular formula is C15H26N2O3. The zero-order valence-corrected chi connectivity index (χ0v) is 12.6. The summed E-state index contributed by atoms with van der Waals surface area (Å²) in [6, 6.07) is 0. The number of nitrogens with zero attached hydrogens (tertiary/aromatic N) is 1. The van der Waals surface area contributed by atoms with Crippen LogP contribution < -0.4 is 5.73 Å². The average molecular weight is 282 g/mol. The van der Waals surface area contributed by atoms with E-state index in [1.54, 1.807) is 0 Å². The van der Waals surface area contributed by atoms with E-state index in [0.29, 0.717) is 5.41 Å². The molecule has 5 unspecified atom stereocenters. The standard InChI is InChI=1S/C15H26N2O3/c1-3-13-5-12-6-14(8-13,4-11(2)20-17(18)19)10-15(16,7-12)9-13/h11-12H,3-10,16H2,1-2H3. The smallest absolute Gasteiger partial charge is 0.294 e. The molecule has 0 aromatic rings. The molecular weight excluding hydrogens is 256 g/mol. The first-order valence-corrected chi connectivity index (χ1v) is 7.88. The first kappa shape index (κ1) is 14.1. The van der Waals surface area contributed by atoms with E-state index in [4.69, 9.17) is 10.6 Å². The van der Waals surface area contributed by atoms with Gasteiger partial charge in [0.15, 0.2) is 0 Å². The van der Waals surface area contributed by atoms with Crippen molar-refractivity contribution in [1.82, 2.24) is 0 Å². The van der Waals surface area contributed by atoms with Crippen LogP contribution in [0.3, 0.4) is 0 Å². The molecule has 4 saturated carbocycles. The molecule has 0 aromatic carbocycles. The molecule has 4 aliphatic rings. The summed E-state index contributed by atoms with van der Waals surface area (Å²) in [6.45, 7) is 4.10. The minimum absolute atomic E-state index is 0.0240. The highest BCUT2D eigenvalue weighted by Crippen LogP contribution is 2.68. The summed E-state index contributed by atoms with van der Waals surface area (Å²) in [5.74, 6) is 0.721. The Balaban J connectivity index is 1.81. The minimum Gasteiger partial charge on any atom is -0.325 e. The Bertz CT molecular complexity index is 429. The van der Waals surface area contributed by atoms with Gasteiger partial charge in [0.05, 0.1) is 0 Å². The number of rotatable bonds is 5. The first-order valence-electron chi connectivity index (χ1n) is 7.88. The van der Waals surface area contributed by atoms with Crippen LogP contribution in [0.2, 0.25) is 0 Å². The average Bonchev–Trinajstić information content (AvgIpc) is 2.23. The van der Waals surface area contributed by atoms with Gasteiger partial charge in [0, 0.05) is 5.54 Å². The summed E-state index contributed by atoms with van der Waals surface area (Å²) in [5.41, 5.74) is 7.22. The Morgan fingerprint density at radius 1 is 1.30 bits per heavy atom. The van der Waals surface area contributed by atoms with Gasteiger partial charge in [-0.15, -0.1) is 10.1 Å². The fraction of sp³-hybridized carbons (Fsp3) is 1.00. The molecule has 4 rings (SSSR count). The summed E-state index contributed by atoms with van der Waals surface area (Å²) >= 11 is 0. The van der Waals surface area contributed by atoms with Crippen molar-refractivity contribution in [2.75, 3.05) is 0 Å². The van der Waals surface area contributed by atoms with Gasteiger partial charge in [-0.05, 0) is 68.6 Å². The van der Waals surface area contributed by atoms with Gasteiger partial charge in [-0.1, -0.05) is 13.3 Å². The monoisotopic (exact) mass is 282 g/mol. The molecule has 0 aromatic heterocycles. The van der Waals surface area contributed by atoms with Crippen LogP contribution in [-0.2, 0) is 4.84 Å². The summed E-state index contributed by atoms with van der Waals surface area (Å²) in [7, 11) is 0. The second-order valence-electron chi connectivity index (χ2n) is 8.07. The second kappa shape index (κ2) is 4.33. The van der Waals surface area contributed by atoms with E-state index in [2.05, 4.69) is 6.92 Å². The van der Waals surface area contributed by atoms with Crippen molar-refractivity contribution in [2.45, 2.75) is 76.9 Å². The van der Waals surface area contributed by atoms with Gasteiger partial charge in [-0.25, -0.2) is 0 Å². The van der Waals surface area contributed by atoms with Crippen LogP contribution in [-0.4, -0.2) is 16.7 Å². The van der Waals surface area contributed by atoms with Crippen LogP contribution in [0.4, 0.5) is 0 Å². The lowest BCUT2D eigenvalue weighted by Gasteiger charge is -2.66. The molecule has 0 aliphatic heterocycles. The van der Waals surface area contributed by atoms with Gasteiger partial charge in [0.2, 0.25) is 0 Å². The molecule has 0 heterocycles. The number of hydrogen-bond donors (Lipinski definition) is 1. The van der Waals surface area contributed by atoms with Crippen molar-refractivity contribution in [3.63, 3.8) is 0 Å². The zero-order chi connectivity index (χ0) is 14.6. The lowest BCUT2D eigenvalue weighted by atomic mass is 9.41. The van der Waals surface area contributed by atoms with Crippen LogP contribution in [0.5, 0.6) is 0 Å². The van der Waals surface area contributed by atoms with Gasteiger partial charge in [0.25, 0.3) is 5.09 Å². The van der Waals surface area contributed by atoms with Crippen LogP contribution in [0.25, 0.3) is 0 Å². The zero-order valence-electron chi connectivity index (χ0n) is 12.6. The van der Waals surface area contributed by atoms with Crippen LogP contribution >= 0.6 is 0 Å². The fourth-order valence-corrected chi connectivity index (χ4v) is 6.34. The van der Waals surface area contributed by atoms with E-state index in [-0.39, 0.29) is 17.1 Å². The van der Waals surface area contributed by atoms with Gasteiger partial charge in [0.1, 0.15) is 6.10 Å². The van der Waals surface area contributed by atoms with Crippen molar-refractivity contribution in [3.05, 3.63) is 10.1 Å². The SMILES string of the molecule is CCC12CC3CC(N)(C1)CC(CC(C)O[N+](=O)[O-])(C3)C2. The molecule has 2 N–H and O–H groups in total. The normalized spacial score (nSPS) is 47.2. The predicted molar refractivity (Wildman–Crippen MR) is 75.4 cm³/mol. The second-order valence-corrected chi connectivity index (χ2v) is 8.07. The summed E-state index contributed by atoms with van der Waals surface area (Å²) < 4.78 is 0. The van der Waals surface area contributed by atoms with E-state index in [1.165, 1.54) is 25.7 Å². The third-order valence-electron chi connectivity index (χ3n) is 6.08. The molecule has 4 bridgehead atoms. The van der Waals surface area contributed by atoms with Crippen molar-refractivity contribution < 1.29 is 9.92 Å². The van der Waals surface area contributed by atoms with Crippen molar-refractivity contribution in [3.8, 4) is 0 Å². The van der Waals surface area contributed by atoms with E-state index in [9.17, 15) is 10.1 Å². The molecule has 0 amide bonds. The largest absolute Gasteiger partial charge is 0.325 e. The molecule has 114 valence electrons. The highest BCUT2D eigenvalue weighted by atomic mass is 17.0. The summed E-state index contributed by atoms with van der Waals surface area (Å²) in [6.07, 6.45) is 8.69. The summed E-state index contributed by atoms with van der Waals surface area (Å²) in [4.78, 5) is 15.3. The fourth-order valence-electron chi connectivity index (χ4n) is 6.34. The Morgan fingerprint density at radius 2 is 1.95 bits per heavy atom. The molecule has 0 radical (unpaired) electrons. The lowest BCUT2D eigenvalue weighted by molar-refractivity contribution is -0.768. The summed E-state index contributed by atoms with van der Waals surface area (Å²) in [5, 5.41) is 9.88. The maximum absolute atomic E-state index is 10.5. The quantitative estimate of drug-likeness (QED) is 0.621. The number of nitrogens with two attached hydrogens (primary N) is 1. The number of hydrogen-bond acceptors (Lipinski definition) is 4. The van der Waals surface area contributed by atoms with Crippen molar-refractivity contribution in [1.29, 1.82) is 0 Å². The van der Waals surface area contributed by atoms with E-state index >= 15 is 0 Å². The Labute approximate surface area is 120 Å². The van der Waals surface area contributed by atoms with Gasteiger partial charge < -0.3 is 10.6 Å². The Hall–Kier alpha value is -0.840. The van der Waals surface area contributed by atoms with E-state index in [0.717, 1.165) is 31.6 Å². The Kier molecular flexibility index (Phi) is 3.05. The van der Waals surface area contributed by atoms with Crippen LogP contribution in [0.15, 0.2) is 0 Å². The van der Waals surface area contributed by atoms with E-state index < -0.39 is 5.09 Å². The van der Waals surface area contributed by atoms with Crippen LogP contribution in [0, 0.1) is 26.9 Å². The third kappa shape index (κ3) is 2.30.